The van der Waals surface area contributed by atoms with Gasteiger partial charge in [0.15, 0.2) is 38.6 Å². The van der Waals surface area contributed by atoms with Crippen molar-refractivity contribution in [3.63, 3.8) is 0 Å². The molecule has 6 aromatic heterocycles. The molecule has 0 spiro atoms. The van der Waals surface area contributed by atoms with E-state index in [9.17, 15) is 14.4 Å². The molecule has 0 bridgehead atoms. The van der Waals surface area contributed by atoms with Gasteiger partial charge in [-0.3, -0.25) is 28.1 Å². The Morgan fingerprint density at radius 1 is 0.573 bits per heavy atom. The lowest BCUT2D eigenvalue weighted by Crippen LogP contribution is -2.27. The van der Waals surface area contributed by atoms with Crippen LogP contribution in [0.5, 0.6) is 0 Å². The third-order valence-electron chi connectivity index (χ3n) is 12.5. The predicted molar refractivity (Wildman–Crippen MR) is 284 cm³/mol. The summed E-state index contributed by atoms with van der Waals surface area (Å²) in [5.41, 5.74) is 2.25. The molecule has 3 aromatic carbocycles. The fraction of sp³-hybridized carbons (Fsp3) is 0.226. The molecule has 11 rings (SSSR count). The number of amides is 3. The van der Waals surface area contributed by atoms with E-state index >= 15 is 4.39 Å². The molecule has 9 aromatic rings. The number of aromatic nitrogens is 9. The Labute approximate surface area is 441 Å². The highest BCUT2D eigenvalue weighted by Gasteiger charge is 2.52. The molecule has 380 valence electrons. The number of alkyl halides is 1. The highest BCUT2D eigenvalue weighted by Crippen LogP contribution is 2.52. The maximum Gasteiger partial charge on any atom is 0.269 e. The summed E-state index contributed by atoms with van der Waals surface area (Å²) in [7, 11) is 0. The summed E-state index contributed by atoms with van der Waals surface area (Å²) in [6.45, 7) is 7.39. The van der Waals surface area contributed by atoms with Crippen LogP contribution in [0.3, 0.4) is 0 Å². The molecule has 2 aliphatic carbocycles. The number of para-hydroxylation sites is 1. The van der Waals surface area contributed by atoms with Crippen molar-refractivity contribution in [2.45, 2.75) is 90.6 Å². The minimum absolute atomic E-state index is 0.0575. The first-order chi connectivity index (χ1) is 36.6. The zero-order valence-corrected chi connectivity index (χ0v) is 43.0. The molecule has 3 N–H and O–H groups in total. The third-order valence-corrected chi connectivity index (χ3v) is 16.1. The van der Waals surface area contributed by atoms with Gasteiger partial charge in [-0.25, -0.2) is 4.39 Å². The van der Waals surface area contributed by atoms with Crippen molar-refractivity contribution in [2.24, 2.45) is 0 Å². The van der Waals surface area contributed by atoms with E-state index in [1.807, 2.05) is 96.6 Å². The van der Waals surface area contributed by atoms with E-state index in [2.05, 4.69) is 46.5 Å². The molecule has 75 heavy (non-hydrogen) atoms. The highest BCUT2D eigenvalue weighted by molar-refractivity contribution is 8.01. The molecule has 18 nitrogen and oxygen atoms in total. The number of thioether (sulfide) groups is 3. The monoisotopic (exact) mass is 1060 g/mol. The molecule has 6 heterocycles. The van der Waals surface area contributed by atoms with E-state index in [1.165, 1.54) is 23.5 Å². The summed E-state index contributed by atoms with van der Waals surface area (Å²) in [6.07, 6.45) is 5.85. The summed E-state index contributed by atoms with van der Waals surface area (Å²) in [5, 5.41) is 35.8. The first-order valence-corrected chi connectivity index (χ1v) is 26.8. The molecule has 0 saturated heterocycles. The van der Waals surface area contributed by atoms with Crippen LogP contribution in [0.1, 0.15) is 40.0 Å². The van der Waals surface area contributed by atoms with Crippen molar-refractivity contribution in [2.75, 3.05) is 16.0 Å². The zero-order valence-electron chi connectivity index (χ0n) is 40.6. The maximum atomic E-state index is 15.6. The number of rotatable bonds is 21. The van der Waals surface area contributed by atoms with E-state index in [0.717, 1.165) is 41.6 Å². The van der Waals surface area contributed by atoms with Crippen LogP contribution < -0.4 is 16.0 Å². The van der Waals surface area contributed by atoms with Gasteiger partial charge < -0.3 is 29.2 Å². The van der Waals surface area contributed by atoms with Crippen molar-refractivity contribution in [1.29, 1.82) is 0 Å². The smallest absolute Gasteiger partial charge is 0.269 e. The second-order valence-corrected chi connectivity index (χ2v) is 20.9. The lowest BCUT2D eigenvalue weighted by Gasteiger charge is -2.15. The van der Waals surface area contributed by atoms with Crippen LogP contribution in [0.15, 0.2) is 162 Å². The fourth-order valence-corrected chi connectivity index (χ4v) is 11.4. The molecule has 0 aliphatic heterocycles. The van der Waals surface area contributed by atoms with Gasteiger partial charge >= 0.3 is 0 Å². The summed E-state index contributed by atoms with van der Waals surface area (Å²) in [4.78, 5) is 40.0. The average molecular weight is 1060 g/mol. The van der Waals surface area contributed by atoms with Crippen LogP contribution in [-0.2, 0) is 34.0 Å². The topological polar surface area (TPSA) is 219 Å². The molecule has 1 fully saturated rings. The molecule has 0 radical (unpaired) electrons. The number of allylic oxidation sites excluding steroid dienone is 1. The number of nitrogens with zero attached hydrogens (tertiary/aromatic N) is 9. The number of nitrogens with one attached hydrogen (secondary N) is 3. The minimum Gasteiger partial charge on any atom is -0.461 e. The van der Waals surface area contributed by atoms with E-state index in [-0.39, 0.29) is 17.0 Å². The SMILES string of the molecule is CCn1c(SC(F)C(=O)Nc2ccc(-c3ccc(-c4nnc(SC5(C(=O)Nc6ccccc6)CC5)n4CC)o3)cc2)nnc1-c1ccc(-c2ccc(NC(=O)C(Sc3nnc(-c4ccco4)n3CC)C3=CC3)cc2)o1. The Balaban J connectivity index is 0.686. The largest absolute Gasteiger partial charge is 0.461 e. The molecular weight excluding hydrogens is 1020 g/mol. The standard InChI is InChI=1S/C53H47FN12O6S3/c1-4-64-44(39-13-10-30-70-39)58-61-50(64)73-42(33-14-15-33)47(67)55-35-20-16-31(17-21-35)37-24-26-40(71-37)45-59-62-51(65(45)5-2)74-43(54)48(68)56-36-22-18-32(19-23-36)38-25-27-41(72-38)46-60-63-52(66(46)6-3)75-53(28-29-53)49(69)57-34-11-8-7-9-12-34/h7-14,16-27,30,42-43H,4-6,15,28-29H2,1-3H3,(H,55,67)(H,56,68)(H,57,69). The quantitative estimate of drug-likeness (QED) is 0.0450. The van der Waals surface area contributed by atoms with Gasteiger partial charge in [0.25, 0.3) is 5.91 Å². The molecule has 3 amide bonds. The van der Waals surface area contributed by atoms with Crippen molar-refractivity contribution in [1.82, 2.24) is 44.3 Å². The number of carbonyl (C=O) groups is 3. The number of carbonyl (C=O) groups excluding carboxylic acids is 3. The van der Waals surface area contributed by atoms with E-state index in [4.69, 9.17) is 13.3 Å². The van der Waals surface area contributed by atoms with Crippen LogP contribution in [-0.4, -0.2) is 77.5 Å². The summed E-state index contributed by atoms with van der Waals surface area (Å²) in [6, 6.07) is 34.4. The number of hydrogen-bond donors (Lipinski definition) is 3. The van der Waals surface area contributed by atoms with Gasteiger partial charge in [-0.1, -0.05) is 47.8 Å². The molecule has 2 aliphatic rings. The maximum absolute atomic E-state index is 15.6. The van der Waals surface area contributed by atoms with Gasteiger partial charge in [-0.05, 0) is 154 Å². The lowest BCUT2D eigenvalue weighted by molar-refractivity contribution is -0.118. The number of anilines is 3. The second kappa shape index (κ2) is 21.1. The zero-order chi connectivity index (χ0) is 51.6. The lowest BCUT2D eigenvalue weighted by atomic mass is 10.1. The third kappa shape index (κ3) is 10.4. The second-order valence-electron chi connectivity index (χ2n) is 17.4. The Morgan fingerprint density at radius 3 is 1.59 bits per heavy atom. The van der Waals surface area contributed by atoms with Gasteiger partial charge in [0.2, 0.25) is 29.0 Å². The van der Waals surface area contributed by atoms with Gasteiger partial charge in [0, 0.05) is 47.8 Å². The van der Waals surface area contributed by atoms with Crippen LogP contribution in [0.25, 0.3) is 57.4 Å². The van der Waals surface area contributed by atoms with Crippen LogP contribution in [0, 0.1) is 0 Å². The Bertz CT molecular complexity index is 3540. The van der Waals surface area contributed by atoms with Crippen molar-refractivity contribution < 1.29 is 32.0 Å². The molecule has 22 heteroatoms. The van der Waals surface area contributed by atoms with Crippen LogP contribution in [0.4, 0.5) is 21.5 Å². The Hall–Kier alpha value is -7.95. The van der Waals surface area contributed by atoms with E-state index in [0.29, 0.717) is 99.4 Å². The fourth-order valence-electron chi connectivity index (χ4n) is 8.24. The van der Waals surface area contributed by atoms with Crippen molar-refractivity contribution >= 4 is 70.1 Å². The van der Waals surface area contributed by atoms with Crippen LogP contribution in [0.2, 0.25) is 0 Å². The van der Waals surface area contributed by atoms with E-state index in [1.54, 1.807) is 65.4 Å². The van der Waals surface area contributed by atoms with Crippen molar-refractivity contribution in [3.8, 4) is 57.4 Å². The van der Waals surface area contributed by atoms with Gasteiger partial charge in [-0.2, -0.15) is 0 Å². The number of benzene rings is 3. The molecule has 1 saturated carbocycles. The summed E-state index contributed by atoms with van der Waals surface area (Å²) >= 11 is 3.41. The van der Waals surface area contributed by atoms with Gasteiger partial charge in [-0.15, -0.1) is 30.6 Å². The highest BCUT2D eigenvalue weighted by atomic mass is 32.2. The summed E-state index contributed by atoms with van der Waals surface area (Å²) < 4.78 is 38.6. The Morgan fingerprint density at radius 2 is 1.07 bits per heavy atom. The van der Waals surface area contributed by atoms with Gasteiger partial charge in [0.05, 0.1) is 6.26 Å². The number of halogens is 1. The first-order valence-electron chi connectivity index (χ1n) is 24.2. The molecule has 2 unspecified atom stereocenters. The minimum atomic E-state index is -2.01. The predicted octanol–water partition coefficient (Wildman–Crippen LogP) is 11.4. The average Bonchev–Trinajstić information content (AvgIpc) is 3.86. The molecular formula is C53H47FN12O6S3. The number of hydrogen-bond acceptors (Lipinski definition) is 15. The van der Waals surface area contributed by atoms with Crippen molar-refractivity contribution in [3.05, 3.63) is 133 Å². The normalized spacial score (nSPS) is 14.3. The summed E-state index contributed by atoms with van der Waals surface area (Å²) in [5.74, 6) is 3.05. The van der Waals surface area contributed by atoms with Gasteiger partial charge in [0.1, 0.15) is 21.5 Å². The molecule has 2 atom stereocenters. The first kappa shape index (κ1) is 49.3. The number of furan rings is 3. The van der Waals surface area contributed by atoms with Crippen LogP contribution >= 0.6 is 35.3 Å². The van der Waals surface area contributed by atoms with E-state index < -0.39 is 21.4 Å². The Kier molecular flexibility index (Phi) is 13.9.